The molecule has 0 unspecified atom stereocenters. The smallest absolute Gasteiger partial charge is 0.343 e. The number of amides is 3. The molecule has 25 heavy (non-hydrogen) atoms. The minimum Gasteiger partial charge on any atom is -0.452 e. The highest BCUT2D eigenvalue weighted by molar-refractivity contribution is 7.10. The maximum absolute atomic E-state index is 12.0. The summed E-state index contributed by atoms with van der Waals surface area (Å²) in [6, 6.07) is 8.60. The molecule has 0 saturated heterocycles. The van der Waals surface area contributed by atoms with Crippen LogP contribution in [0.15, 0.2) is 30.3 Å². The molecule has 1 heterocycles. The zero-order valence-corrected chi connectivity index (χ0v) is 14.6. The van der Waals surface area contributed by atoms with E-state index in [1.54, 1.807) is 14.0 Å². The van der Waals surface area contributed by atoms with Gasteiger partial charge in [-0.05, 0) is 24.0 Å². The molecule has 132 valence electrons. The van der Waals surface area contributed by atoms with Crippen molar-refractivity contribution in [3.8, 4) is 0 Å². The molecule has 0 aliphatic carbocycles. The first kappa shape index (κ1) is 18.4. The predicted octanol–water partition coefficient (Wildman–Crippen LogP) is 1.68. The van der Waals surface area contributed by atoms with E-state index >= 15 is 0 Å². The molecule has 1 aromatic carbocycles. The summed E-state index contributed by atoms with van der Waals surface area (Å²) < 4.78 is 8.98. The Morgan fingerprint density at radius 1 is 1.20 bits per heavy atom. The maximum Gasteiger partial charge on any atom is 0.343 e. The SMILES string of the molecule is CNc1snc(C)c1C(=O)OCC(=O)NC(=O)NCc1ccccc1. The molecule has 0 aliphatic rings. The number of hydrogen-bond acceptors (Lipinski definition) is 7. The van der Waals surface area contributed by atoms with Gasteiger partial charge in [-0.15, -0.1) is 0 Å². The lowest BCUT2D eigenvalue weighted by atomic mass is 10.2. The molecule has 0 saturated carbocycles. The molecule has 9 heteroatoms. The molecule has 0 radical (unpaired) electrons. The monoisotopic (exact) mass is 362 g/mol. The Morgan fingerprint density at radius 3 is 2.60 bits per heavy atom. The van der Waals surface area contributed by atoms with Crippen LogP contribution in [0.3, 0.4) is 0 Å². The highest BCUT2D eigenvalue weighted by atomic mass is 32.1. The van der Waals surface area contributed by atoms with Crippen molar-refractivity contribution in [3.05, 3.63) is 47.2 Å². The summed E-state index contributed by atoms with van der Waals surface area (Å²) in [5.41, 5.74) is 1.70. The standard InChI is InChI=1S/C16H18N4O4S/c1-10-13(14(17-2)25-20-10)15(22)24-9-12(21)19-16(23)18-8-11-6-4-3-5-7-11/h3-7,17H,8-9H2,1-2H3,(H2,18,19,21,23). The average Bonchev–Trinajstić information content (AvgIpc) is 2.99. The summed E-state index contributed by atoms with van der Waals surface area (Å²) in [6.45, 7) is 1.39. The first-order valence-corrected chi connectivity index (χ1v) is 8.21. The van der Waals surface area contributed by atoms with Crippen molar-refractivity contribution in [1.29, 1.82) is 0 Å². The fourth-order valence-corrected chi connectivity index (χ4v) is 2.70. The second kappa shape index (κ2) is 8.78. The second-order valence-corrected chi connectivity index (χ2v) is 5.79. The quantitative estimate of drug-likeness (QED) is 0.675. The lowest BCUT2D eigenvalue weighted by molar-refractivity contribution is -0.123. The van der Waals surface area contributed by atoms with Crippen molar-refractivity contribution in [3.63, 3.8) is 0 Å². The van der Waals surface area contributed by atoms with E-state index in [4.69, 9.17) is 4.74 Å². The van der Waals surface area contributed by atoms with Crippen LogP contribution in [-0.4, -0.2) is 35.9 Å². The molecule has 0 fully saturated rings. The van der Waals surface area contributed by atoms with E-state index in [1.807, 2.05) is 30.3 Å². The van der Waals surface area contributed by atoms with Crippen LogP contribution >= 0.6 is 11.5 Å². The number of nitrogens with one attached hydrogen (secondary N) is 3. The number of esters is 1. The van der Waals surface area contributed by atoms with E-state index in [2.05, 4.69) is 20.3 Å². The third-order valence-electron chi connectivity index (χ3n) is 3.18. The molecular weight excluding hydrogens is 344 g/mol. The van der Waals surface area contributed by atoms with Gasteiger partial charge >= 0.3 is 12.0 Å². The van der Waals surface area contributed by atoms with Crippen LogP contribution in [0.1, 0.15) is 21.6 Å². The van der Waals surface area contributed by atoms with Gasteiger partial charge in [-0.1, -0.05) is 30.3 Å². The minimum atomic E-state index is -0.717. The summed E-state index contributed by atoms with van der Waals surface area (Å²) >= 11 is 1.13. The van der Waals surface area contributed by atoms with Crippen LogP contribution in [0.2, 0.25) is 0 Å². The number of aromatic nitrogens is 1. The van der Waals surface area contributed by atoms with Crippen LogP contribution in [0, 0.1) is 6.92 Å². The summed E-state index contributed by atoms with van der Waals surface area (Å²) in [5, 5.41) is 8.04. The highest BCUT2D eigenvalue weighted by Crippen LogP contribution is 2.24. The van der Waals surface area contributed by atoms with Gasteiger partial charge in [0.15, 0.2) is 6.61 Å². The number of anilines is 1. The molecule has 2 rings (SSSR count). The minimum absolute atomic E-state index is 0.283. The first-order chi connectivity index (χ1) is 12.0. The Balaban J connectivity index is 1.77. The molecule has 0 bridgehead atoms. The van der Waals surface area contributed by atoms with Crippen LogP contribution in [0.5, 0.6) is 0 Å². The molecule has 0 aliphatic heterocycles. The Hall–Kier alpha value is -2.94. The second-order valence-electron chi connectivity index (χ2n) is 5.01. The zero-order chi connectivity index (χ0) is 18.2. The summed E-state index contributed by atoms with van der Waals surface area (Å²) in [4.78, 5) is 35.4. The molecule has 0 spiro atoms. The third kappa shape index (κ3) is 5.28. The number of hydrogen-bond donors (Lipinski definition) is 3. The summed E-state index contributed by atoms with van der Waals surface area (Å²) in [6.07, 6.45) is 0. The van der Waals surface area contributed by atoms with E-state index in [1.165, 1.54) is 0 Å². The van der Waals surface area contributed by atoms with Crippen LogP contribution in [0.25, 0.3) is 0 Å². The van der Waals surface area contributed by atoms with Crippen LogP contribution in [0.4, 0.5) is 9.80 Å². The Bertz CT molecular complexity index is 761. The van der Waals surface area contributed by atoms with Gasteiger partial charge in [-0.2, -0.15) is 4.37 Å². The molecule has 2 aromatic rings. The van der Waals surface area contributed by atoms with Crippen molar-refractivity contribution in [2.45, 2.75) is 13.5 Å². The van der Waals surface area contributed by atoms with E-state index in [0.29, 0.717) is 10.7 Å². The van der Waals surface area contributed by atoms with Gasteiger partial charge in [-0.3, -0.25) is 10.1 Å². The van der Waals surface area contributed by atoms with Crippen molar-refractivity contribution >= 4 is 34.4 Å². The van der Waals surface area contributed by atoms with E-state index in [0.717, 1.165) is 17.1 Å². The van der Waals surface area contributed by atoms with Gasteiger partial charge in [-0.25, -0.2) is 9.59 Å². The molecule has 3 N–H and O–H groups in total. The zero-order valence-electron chi connectivity index (χ0n) is 13.8. The van der Waals surface area contributed by atoms with Crippen molar-refractivity contribution in [1.82, 2.24) is 15.0 Å². The molecule has 0 atom stereocenters. The number of urea groups is 1. The Morgan fingerprint density at radius 2 is 1.92 bits per heavy atom. The third-order valence-corrected chi connectivity index (χ3v) is 4.13. The predicted molar refractivity (Wildman–Crippen MR) is 93.5 cm³/mol. The highest BCUT2D eigenvalue weighted by Gasteiger charge is 2.20. The number of carbonyl (C=O) groups excluding carboxylic acids is 3. The lowest BCUT2D eigenvalue weighted by Crippen LogP contribution is -2.41. The van der Waals surface area contributed by atoms with E-state index in [9.17, 15) is 14.4 Å². The first-order valence-electron chi connectivity index (χ1n) is 7.44. The van der Waals surface area contributed by atoms with Crippen molar-refractivity contribution in [2.24, 2.45) is 0 Å². The topological polar surface area (TPSA) is 109 Å². The number of ether oxygens (including phenoxy) is 1. The number of aryl methyl sites for hydroxylation is 1. The Kier molecular flexibility index (Phi) is 6.47. The van der Waals surface area contributed by atoms with Crippen LogP contribution < -0.4 is 16.0 Å². The normalized spacial score (nSPS) is 10.0. The van der Waals surface area contributed by atoms with Gasteiger partial charge in [0.2, 0.25) is 0 Å². The number of benzene rings is 1. The van der Waals surface area contributed by atoms with Crippen molar-refractivity contribution < 1.29 is 19.1 Å². The molecule has 1 aromatic heterocycles. The van der Waals surface area contributed by atoms with E-state index < -0.39 is 24.5 Å². The summed E-state index contributed by atoms with van der Waals surface area (Å²) in [5.74, 6) is -1.39. The number of nitrogens with zero attached hydrogens (tertiary/aromatic N) is 1. The number of imide groups is 1. The molecular formula is C16H18N4O4S. The van der Waals surface area contributed by atoms with Crippen LogP contribution in [-0.2, 0) is 16.1 Å². The van der Waals surface area contributed by atoms with Gasteiger partial charge in [0.25, 0.3) is 5.91 Å². The van der Waals surface area contributed by atoms with Gasteiger partial charge < -0.3 is 15.4 Å². The molecule has 8 nitrogen and oxygen atoms in total. The van der Waals surface area contributed by atoms with Crippen molar-refractivity contribution in [2.75, 3.05) is 19.0 Å². The lowest BCUT2D eigenvalue weighted by Gasteiger charge is -2.08. The maximum atomic E-state index is 12.0. The number of rotatable bonds is 6. The van der Waals surface area contributed by atoms with E-state index in [-0.39, 0.29) is 12.1 Å². The van der Waals surface area contributed by atoms with Gasteiger partial charge in [0.1, 0.15) is 10.6 Å². The number of carbonyl (C=O) groups is 3. The largest absolute Gasteiger partial charge is 0.452 e. The fraction of sp³-hybridized carbons (Fsp3) is 0.250. The van der Waals surface area contributed by atoms with Gasteiger partial charge in [0.05, 0.1) is 5.69 Å². The molecule has 3 amide bonds. The van der Waals surface area contributed by atoms with Gasteiger partial charge in [0, 0.05) is 13.6 Å². The summed E-state index contributed by atoms with van der Waals surface area (Å²) in [7, 11) is 1.66. The fourth-order valence-electron chi connectivity index (χ4n) is 1.97. The Labute approximate surface area is 148 Å². The average molecular weight is 362 g/mol.